The Morgan fingerprint density at radius 2 is 2.27 bits per heavy atom. The minimum absolute atomic E-state index is 0.0262. The molecular formula is C16H20N4O2. The van der Waals surface area contributed by atoms with E-state index in [1.165, 1.54) is 6.20 Å². The van der Waals surface area contributed by atoms with Gasteiger partial charge in [0.15, 0.2) is 0 Å². The Balaban J connectivity index is 1.65. The highest BCUT2D eigenvalue weighted by Gasteiger charge is 2.15. The number of fused-ring (bicyclic) bond motifs is 1. The molecule has 2 heterocycles. The van der Waals surface area contributed by atoms with Crippen molar-refractivity contribution in [2.24, 2.45) is 0 Å². The largest absolute Gasteiger partial charge is 0.352 e. The molecule has 6 heteroatoms. The monoisotopic (exact) mass is 300 g/mol. The molecule has 116 valence electrons. The van der Waals surface area contributed by atoms with Crippen LogP contribution in [0, 0.1) is 0 Å². The number of amides is 1. The zero-order valence-electron chi connectivity index (χ0n) is 12.4. The fourth-order valence-corrected chi connectivity index (χ4v) is 2.82. The fourth-order valence-electron chi connectivity index (χ4n) is 2.82. The number of hydrogen-bond donors (Lipinski definition) is 2. The fraction of sp³-hybridized carbons (Fsp3) is 0.438. The number of carbonyl (C=O) groups is 1. The summed E-state index contributed by atoms with van der Waals surface area (Å²) in [5.74, 6) is 0.0262. The smallest absolute Gasteiger partial charge is 0.222 e. The Labute approximate surface area is 128 Å². The first-order chi connectivity index (χ1) is 10.7. The van der Waals surface area contributed by atoms with Crippen LogP contribution in [0.4, 0.5) is 0 Å². The van der Waals surface area contributed by atoms with E-state index in [0.717, 1.165) is 31.4 Å². The van der Waals surface area contributed by atoms with Crippen LogP contribution >= 0.6 is 0 Å². The lowest BCUT2D eigenvalue weighted by molar-refractivity contribution is -0.122. The quantitative estimate of drug-likeness (QED) is 0.869. The molecule has 6 nitrogen and oxygen atoms in total. The van der Waals surface area contributed by atoms with Crippen LogP contribution in [-0.4, -0.2) is 34.8 Å². The van der Waals surface area contributed by atoms with Gasteiger partial charge >= 0.3 is 0 Å². The van der Waals surface area contributed by atoms with E-state index in [1.807, 2.05) is 18.2 Å². The highest BCUT2D eigenvalue weighted by atomic mass is 16.1. The van der Waals surface area contributed by atoms with Crippen LogP contribution in [0.3, 0.4) is 0 Å². The molecule has 1 aromatic heterocycles. The Kier molecular flexibility index (Phi) is 4.48. The first-order valence-corrected chi connectivity index (χ1v) is 7.69. The third-order valence-corrected chi connectivity index (χ3v) is 3.97. The van der Waals surface area contributed by atoms with E-state index in [2.05, 4.69) is 15.7 Å². The SMILES string of the molecule is O=C(CCn1ncc(=O)c2ccccc21)N[C@H]1CCCNC1. The molecule has 3 rings (SSSR count). The zero-order valence-corrected chi connectivity index (χ0v) is 12.4. The average molecular weight is 300 g/mol. The van der Waals surface area contributed by atoms with Gasteiger partial charge in [0.2, 0.25) is 11.3 Å². The van der Waals surface area contributed by atoms with Crippen molar-refractivity contribution in [2.45, 2.75) is 31.8 Å². The Hall–Kier alpha value is -2.21. The molecule has 0 spiro atoms. The molecule has 2 N–H and O–H groups in total. The normalized spacial score (nSPS) is 18.3. The Morgan fingerprint density at radius 3 is 3.09 bits per heavy atom. The molecule has 0 saturated carbocycles. The van der Waals surface area contributed by atoms with Crippen LogP contribution in [0.1, 0.15) is 19.3 Å². The van der Waals surface area contributed by atoms with Gasteiger partial charge in [0, 0.05) is 24.4 Å². The minimum atomic E-state index is -0.0930. The van der Waals surface area contributed by atoms with Crippen molar-refractivity contribution in [3.63, 3.8) is 0 Å². The Morgan fingerprint density at radius 1 is 1.41 bits per heavy atom. The molecule has 1 atom stereocenters. The Bertz CT molecular complexity index is 719. The number of benzene rings is 1. The summed E-state index contributed by atoms with van der Waals surface area (Å²) in [5, 5.41) is 11.1. The topological polar surface area (TPSA) is 76.0 Å². The molecule has 0 aliphatic carbocycles. The standard InChI is InChI=1S/C16H20N4O2/c21-15-11-18-20(14-6-2-1-5-13(14)15)9-7-16(22)19-12-4-3-8-17-10-12/h1-2,5-6,11-12,17H,3-4,7-10H2,(H,19,22)/t12-/m0/s1. The van der Waals surface area contributed by atoms with Crippen LogP contribution < -0.4 is 16.1 Å². The van der Waals surface area contributed by atoms with Crippen LogP contribution in [0.2, 0.25) is 0 Å². The minimum Gasteiger partial charge on any atom is -0.352 e. The van der Waals surface area contributed by atoms with Crippen LogP contribution in [0.25, 0.3) is 10.9 Å². The van der Waals surface area contributed by atoms with Gasteiger partial charge in [-0.1, -0.05) is 12.1 Å². The summed E-state index contributed by atoms with van der Waals surface area (Å²) in [6.07, 6.45) is 3.79. The number of hydrogen-bond acceptors (Lipinski definition) is 4. The van der Waals surface area contributed by atoms with Gasteiger partial charge in [-0.2, -0.15) is 5.10 Å². The second-order valence-corrected chi connectivity index (χ2v) is 5.61. The van der Waals surface area contributed by atoms with Crippen molar-refractivity contribution in [2.75, 3.05) is 13.1 Å². The summed E-state index contributed by atoms with van der Waals surface area (Å²) in [7, 11) is 0. The number of rotatable bonds is 4. The molecule has 1 saturated heterocycles. The van der Waals surface area contributed by atoms with Gasteiger partial charge in [-0.3, -0.25) is 14.3 Å². The maximum atomic E-state index is 12.0. The number of carbonyl (C=O) groups excluding carboxylic acids is 1. The number of aryl methyl sites for hydroxylation is 1. The molecular weight excluding hydrogens is 280 g/mol. The number of piperidine rings is 1. The molecule has 0 radical (unpaired) electrons. The summed E-state index contributed by atoms with van der Waals surface area (Å²) in [5.41, 5.74) is 0.673. The van der Waals surface area contributed by atoms with Crippen molar-refractivity contribution < 1.29 is 4.79 Å². The maximum absolute atomic E-state index is 12.0. The van der Waals surface area contributed by atoms with E-state index in [1.54, 1.807) is 10.7 Å². The highest BCUT2D eigenvalue weighted by Crippen LogP contribution is 2.08. The van der Waals surface area contributed by atoms with Crippen LogP contribution in [0.5, 0.6) is 0 Å². The number of para-hydroxylation sites is 1. The van der Waals surface area contributed by atoms with Crippen molar-refractivity contribution in [3.05, 3.63) is 40.7 Å². The van der Waals surface area contributed by atoms with Gasteiger partial charge in [-0.25, -0.2) is 0 Å². The molecule has 22 heavy (non-hydrogen) atoms. The lowest BCUT2D eigenvalue weighted by atomic mass is 10.1. The van der Waals surface area contributed by atoms with Crippen molar-refractivity contribution in [1.29, 1.82) is 0 Å². The van der Waals surface area contributed by atoms with E-state index in [0.29, 0.717) is 18.4 Å². The summed E-state index contributed by atoms with van der Waals surface area (Å²) < 4.78 is 1.72. The molecule has 1 amide bonds. The summed E-state index contributed by atoms with van der Waals surface area (Å²) in [6, 6.07) is 7.56. The number of nitrogens with one attached hydrogen (secondary N) is 2. The summed E-state index contributed by atoms with van der Waals surface area (Å²) >= 11 is 0. The van der Waals surface area contributed by atoms with E-state index in [9.17, 15) is 9.59 Å². The van der Waals surface area contributed by atoms with Crippen molar-refractivity contribution in [1.82, 2.24) is 20.4 Å². The van der Waals surface area contributed by atoms with E-state index < -0.39 is 0 Å². The molecule has 1 aromatic carbocycles. The zero-order chi connectivity index (χ0) is 15.4. The molecule has 1 aliphatic rings. The van der Waals surface area contributed by atoms with Gasteiger partial charge in [0.1, 0.15) is 0 Å². The molecule has 1 aliphatic heterocycles. The predicted molar refractivity (Wildman–Crippen MR) is 84.7 cm³/mol. The van der Waals surface area contributed by atoms with E-state index in [-0.39, 0.29) is 17.4 Å². The maximum Gasteiger partial charge on any atom is 0.222 e. The first-order valence-electron chi connectivity index (χ1n) is 7.69. The molecule has 2 aromatic rings. The van der Waals surface area contributed by atoms with Gasteiger partial charge in [-0.15, -0.1) is 0 Å². The summed E-state index contributed by atoms with van der Waals surface area (Å²) in [4.78, 5) is 23.8. The van der Waals surface area contributed by atoms with Crippen molar-refractivity contribution >= 4 is 16.8 Å². The van der Waals surface area contributed by atoms with E-state index in [4.69, 9.17) is 0 Å². The number of nitrogens with zero attached hydrogens (tertiary/aromatic N) is 2. The molecule has 0 bridgehead atoms. The van der Waals surface area contributed by atoms with Gasteiger partial charge in [-0.05, 0) is 31.5 Å². The van der Waals surface area contributed by atoms with Crippen LogP contribution in [-0.2, 0) is 11.3 Å². The lowest BCUT2D eigenvalue weighted by Crippen LogP contribution is -2.45. The van der Waals surface area contributed by atoms with Gasteiger partial charge < -0.3 is 10.6 Å². The third kappa shape index (κ3) is 3.33. The van der Waals surface area contributed by atoms with E-state index >= 15 is 0 Å². The second kappa shape index (κ2) is 6.70. The van der Waals surface area contributed by atoms with Crippen LogP contribution in [0.15, 0.2) is 35.3 Å². The lowest BCUT2D eigenvalue weighted by Gasteiger charge is -2.23. The third-order valence-electron chi connectivity index (χ3n) is 3.97. The molecule has 0 unspecified atom stereocenters. The summed E-state index contributed by atoms with van der Waals surface area (Å²) in [6.45, 7) is 2.33. The van der Waals surface area contributed by atoms with Gasteiger partial charge in [0.25, 0.3) is 0 Å². The average Bonchev–Trinajstić information content (AvgIpc) is 2.55. The first kappa shape index (κ1) is 14.7. The predicted octanol–water partition coefficient (Wildman–Crippen LogP) is 0.655. The number of aromatic nitrogens is 2. The second-order valence-electron chi connectivity index (χ2n) is 5.61. The molecule has 1 fully saturated rings. The van der Waals surface area contributed by atoms with Gasteiger partial charge in [0.05, 0.1) is 18.3 Å². The highest BCUT2D eigenvalue weighted by molar-refractivity contribution is 5.79. The van der Waals surface area contributed by atoms with Crippen molar-refractivity contribution in [3.8, 4) is 0 Å².